The number of hydrogen-bond donors (Lipinski definition) is 1. The van der Waals surface area contributed by atoms with Crippen LogP contribution in [0, 0.1) is 11.7 Å². The van der Waals surface area contributed by atoms with Gasteiger partial charge >= 0.3 is 5.97 Å². The monoisotopic (exact) mass is 473 g/mol. The molecule has 0 spiro atoms. The summed E-state index contributed by atoms with van der Waals surface area (Å²) in [7, 11) is 0. The minimum absolute atomic E-state index is 0.0722. The molecule has 0 aliphatic carbocycles. The number of unbranched alkanes of at least 4 members (excludes halogenated alkanes) is 1. The first-order chi connectivity index (χ1) is 15.9. The summed E-state index contributed by atoms with van der Waals surface area (Å²) in [6.45, 7) is 6.83. The standard InChI is InChI=1S/C27H36FNO3S/c1-4-6-8-21(5-2)19-32-27(31)14-16-33-25-12-11-22(13-15-29-20(3)30)26(18-25)23-9-7-10-24(28)17-23/h7,9-12,17-18,21H,4-6,8,13-16,19H2,1-3H3,(H,29,30). The van der Waals surface area contributed by atoms with Crippen LogP contribution in [0.1, 0.15) is 58.4 Å². The van der Waals surface area contributed by atoms with Crippen molar-refractivity contribution in [1.29, 1.82) is 0 Å². The number of halogens is 1. The first-order valence-electron chi connectivity index (χ1n) is 11.8. The second-order valence-electron chi connectivity index (χ2n) is 8.26. The molecule has 0 saturated carbocycles. The van der Waals surface area contributed by atoms with Crippen LogP contribution in [0.4, 0.5) is 4.39 Å². The molecule has 2 aromatic carbocycles. The fraction of sp³-hybridized carbons (Fsp3) is 0.481. The summed E-state index contributed by atoms with van der Waals surface area (Å²) in [5.74, 6) is 0.552. The molecule has 0 aliphatic rings. The van der Waals surface area contributed by atoms with Crippen molar-refractivity contribution in [2.45, 2.75) is 64.2 Å². The fourth-order valence-corrected chi connectivity index (χ4v) is 4.46. The summed E-state index contributed by atoms with van der Waals surface area (Å²) in [5, 5.41) is 2.81. The van der Waals surface area contributed by atoms with E-state index in [-0.39, 0.29) is 17.7 Å². The highest BCUT2D eigenvalue weighted by atomic mass is 32.2. The van der Waals surface area contributed by atoms with Gasteiger partial charge in [-0.05, 0) is 59.7 Å². The first kappa shape index (κ1) is 26.9. The average molecular weight is 474 g/mol. The maximum atomic E-state index is 13.8. The van der Waals surface area contributed by atoms with Crippen molar-refractivity contribution in [2.75, 3.05) is 18.9 Å². The lowest BCUT2D eigenvalue weighted by molar-refractivity contribution is -0.144. The number of amides is 1. The molecule has 0 saturated heterocycles. The predicted molar refractivity (Wildman–Crippen MR) is 134 cm³/mol. The number of nitrogens with one attached hydrogen (secondary N) is 1. The van der Waals surface area contributed by atoms with Crippen LogP contribution in [0.2, 0.25) is 0 Å². The van der Waals surface area contributed by atoms with E-state index >= 15 is 0 Å². The largest absolute Gasteiger partial charge is 0.465 e. The molecule has 0 aromatic heterocycles. The molecule has 0 radical (unpaired) electrons. The zero-order valence-corrected chi connectivity index (χ0v) is 20.8. The van der Waals surface area contributed by atoms with Crippen LogP contribution in [0.5, 0.6) is 0 Å². The lowest BCUT2D eigenvalue weighted by Crippen LogP contribution is -2.22. The predicted octanol–water partition coefficient (Wildman–Crippen LogP) is 6.41. The Kier molecular flexibility index (Phi) is 12.0. The van der Waals surface area contributed by atoms with E-state index in [0.29, 0.717) is 37.7 Å². The van der Waals surface area contributed by atoms with E-state index in [1.54, 1.807) is 17.8 Å². The second-order valence-corrected chi connectivity index (χ2v) is 9.43. The molecular formula is C27H36FNO3S. The smallest absolute Gasteiger partial charge is 0.306 e. The van der Waals surface area contributed by atoms with Crippen LogP contribution in [-0.4, -0.2) is 30.8 Å². The van der Waals surface area contributed by atoms with Crippen molar-refractivity contribution in [3.8, 4) is 11.1 Å². The molecule has 0 heterocycles. The molecule has 4 nitrogen and oxygen atoms in total. The number of thioether (sulfide) groups is 1. The zero-order valence-electron chi connectivity index (χ0n) is 20.0. The number of benzene rings is 2. The van der Waals surface area contributed by atoms with Crippen molar-refractivity contribution >= 4 is 23.6 Å². The highest BCUT2D eigenvalue weighted by Gasteiger charge is 2.12. The first-order valence-corrected chi connectivity index (χ1v) is 12.8. The Balaban J connectivity index is 1.97. The van der Waals surface area contributed by atoms with Crippen LogP contribution >= 0.6 is 11.8 Å². The number of rotatable bonds is 14. The molecule has 1 unspecified atom stereocenters. The molecule has 1 N–H and O–H groups in total. The van der Waals surface area contributed by atoms with E-state index in [2.05, 4.69) is 19.2 Å². The van der Waals surface area contributed by atoms with Gasteiger partial charge in [0.15, 0.2) is 0 Å². The van der Waals surface area contributed by atoms with Gasteiger partial charge in [0.25, 0.3) is 0 Å². The van der Waals surface area contributed by atoms with Crippen LogP contribution in [-0.2, 0) is 20.7 Å². The summed E-state index contributed by atoms with van der Waals surface area (Å²) in [4.78, 5) is 24.4. The van der Waals surface area contributed by atoms with Gasteiger partial charge in [-0.2, -0.15) is 0 Å². The van der Waals surface area contributed by atoms with Crippen molar-refractivity contribution in [3.63, 3.8) is 0 Å². The van der Waals surface area contributed by atoms with Gasteiger partial charge in [0, 0.05) is 24.1 Å². The van der Waals surface area contributed by atoms with E-state index in [1.165, 1.54) is 25.5 Å². The molecule has 0 aliphatic heterocycles. The number of esters is 1. The molecular weight excluding hydrogens is 437 g/mol. The van der Waals surface area contributed by atoms with Crippen LogP contribution in [0.15, 0.2) is 47.4 Å². The SMILES string of the molecule is CCCCC(CC)COC(=O)CCSc1ccc(CCNC(C)=O)c(-c2cccc(F)c2)c1. The third kappa shape index (κ3) is 9.99. The molecule has 0 bridgehead atoms. The second kappa shape index (κ2) is 14.7. The molecule has 6 heteroatoms. The van der Waals surface area contributed by atoms with Crippen LogP contribution in [0.3, 0.4) is 0 Å². The Morgan fingerprint density at radius 2 is 1.97 bits per heavy atom. The van der Waals surface area contributed by atoms with Gasteiger partial charge in [-0.1, -0.05) is 51.3 Å². The number of ether oxygens (including phenoxy) is 1. The minimum atomic E-state index is -0.287. The maximum Gasteiger partial charge on any atom is 0.306 e. The summed E-state index contributed by atoms with van der Waals surface area (Å²) >= 11 is 1.59. The summed E-state index contributed by atoms with van der Waals surface area (Å²) in [6.07, 6.45) is 5.46. The molecule has 1 atom stereocenters. The Bertz CT molecular complexity index is 903. The number of hydrogen-bond acceptors (Lipinski definition) is 4. The fourth-order valence-electron chi connectivity index (χ4n) is 3.59. The molecule has 2 rings (SSSR count). The van der Waals surface area contributed by atoms with E-state index in [9.17, 15) is 14.0 Å². The van der Waals surface area contributed by atoms with Gasteiger partial charge in [-0.25, -0.2) is 4.39 Å². The quantitative estimate of drug-likeness (QED) is 0.254. The van der Waals surface area contributed by atoms with Crippen LogP contribution in [0.25, 0.3) is 11.1 Å². The van der Waals surface area contributed by atoms with Gasteiger partial charge in [0.05, 0.1) is 13.0 Å². The molecule has 180 valence electrons. The van der Waals surface area contributed by atoms with E-state index in [1.807, 2.05) is 24.3 Å². The van der Waals surface area contributed by atoms with Gasteiger partial charge in [0.2, 0.25) is 5.91 Å². The summed E-state index contributed by atoms with van der Waals surface area (Å²) in [5.41, 5.74) is 2.78. The summed E-state index contributed by atoms with van der Waals surface area (Å²) in [6, 6.07) is 12.6. The Morgan fingerprint density at radius 1 is 1.15 bits per heavy atom. The third-order valence-electron chi connectivity index (χ3n) is 5.58. The maximum absolute atomic E-state index is 13.8. The Labute approximate surface area is 201 Å². The van der Waals surface area contributed by atoms with Gasteiger partial charge < -0.3 is 10.1 Å². The molecule has 0 fully saturated rings. The normalized spacial score (nSPS) is 11.8. The van der Waals surface area contributed by atoms with Gasteiger partial charge in [-0.15, -0.1) is 11.8 Å². The lowest BCUT2D eigenvalue weighted by atomic mass is 9.97. The molecule has 1 amide bonds. The molecule has 33 heavy (non-hydrogen) atoms. The van der Waals surface area contributed by atoms with Crippen molar-refractivity contribution in [3.05, 3.63) is 53.8 Å². The summed E-state index contributed by atoms with van der Waals surface area (Å²) < 4.78 is 19.3. The van der Waals surface area contributed by atoms with E-state index in [4.69, 9.17) is 4.74 Å². The third-order valence-corrected chi connectivity index (χ3v) is 6.58. The van der Waals surface area contributed by atoms with Crippen LogP contribution < -0.4 is 5.32 Å². The van der Waals surface area contributed by atoms with E-state index < -0.39 is 0 Å². The number of carbonyl (C=O) groups excluding carboxylic acids is 2. The molecule has 2 aromatic rings. The Hall–Kier alpha value is -2.34. The van der Waals surface area contributed by atoms with E-state index in [0.717, 1.165) is 40.8 Å². The zero-order chi connectivity index (χ0) is 24.1. The lowest BCUT2D eigenvalue weighted by Gasteiger charge is -2.15. The average Bonchev–Trinajstić information content (AvgIpc) is 2.79. The highest BCUT2D eigenvalue weighted by Crippen LogP contribution is 2.30. The minimum Gasteiger partial charge on any atom is -0.465 e. The van der Waals surface area contributed by atoms with Crippen molar-refractivity contribution in [2.24, 2.45) is 5.92 Å². The van der Waals surface area contributed by atoms with Gasteiger partial charge in [0.1, 0.15) is 5.82 Å². The van der Waals surface area contributed by atoms with Crippen molar-refractivity contribution in [1.82, 2.24) is 5.32 Å². The topological polar surface area (TPSA) is 55.4 Å². The number of carbonyl (C=O) groups is 2. The van der Waals surface area contributed by atoms with Gasteiger partial charge in [-0.3, -0.25) is 9.59 Å². The Morgan fingerprint density at radius 3 is 2.67 bits per heavy atom. The highest BCUT2D eigenvalue weighted by molar-refractivity contribution is 7.99. The van der Waals surface area contributed by atoms with Crippen molar-refractivity contribution < 1.29 is 18.7 Å².